The Balaban J connectivity index is 1.78. The van der Waals surface area contributed by atoms with Crippen molar-refractivity contribution in [1.29, 1.82) is 0 Å². The summed E-state index contributed by atoms with van der Waals surface area (Å²) < 4.78 is 5.98. The van der Waals surface area contributed by atoms with Gasteiger partial charge in [-0.3, -0.25) is 0 Å². The van der Waals surface area contributed by atoms with E-state index in [4.69, 9.17) is 4.74 Å². The van der Waals surface area contributed by atoms with Crippen molar-refractivity contribution >= 4 is 0 Å². The van der Waals surface area contributed by atoms with Gasteiger partial charge in [-0.2, -0.15) is 0 Å². The van der Waals surface area contributed by atoms with Crippen LogP contribution in [0.5, 0.6) is 0 Å². The molecule has 0 spiro atoms. The molecule has 22 heavy (non-hydrogen) atoms. The molecular weight excluding hydrogens is 272 g/mol. The molecular formula is C20H28O2. The standard InChI is InChI=1S/C20H28O2/c1-19-11-10-15-14-7-5-4-6-13(14)8-9-16(15)18(19)20(2,22-3)12-17(19)21/h4-7,15-18,21H,8-12H2,1-3H3/t15-,16-,17+,18+,19-,20+/m1/s1. The van der Waals surface area contributed by atoms with Crippen molar-refractivity contribution < 1.29 is 9.84 Å². The van der Waals surface area contributed by atoms with Crippen LogP contribution in [-0.4, -0.2) is 23.9 Å². The number of aliphatic hydroxyl groups is 1. The van der Waals surface area contributed by atoms with Gasteiger partial charge in [-0.25, -0.2) is 0 Å². The van der Waals surface area contributed by atoms with Crippen molar-refractivity contribution in [3.63, 3.8) is 0 Å². The highest BCUT2D eigenvalue weighted by Crippen LogP contribution is 2.64. The van der Waals surface area contributed by atoms with Crippen LogP contribution in [-0.2, 0) is 11.2 Å². The molecule has 0 radical (unpaired) electrons. The van der Waals surface area contributed by atoms with Gasteiger partial charge in [0.1, 0.15) is 0 Å². The van der Waals surface area contributed by atoms with E-state index in [-0.39, 0.29) is 17.1 Å². The second kappa shape index (κ2) is 4.82. The van der Waals surface area contributed by atoms with E-state index >= 15 is 0 Å². The molecule has 0 aromatic heterocycles. The average molecular weight is 300 g/mol. The molecule has 1 N–H and O–H groups in total. The SMILES string of the molecule is CO[C@@]1(C)C[C@H](O)[C@@]2(C)CC[C@@H]3c4ccccc4CC[C@H]3[C@@H]21. The second-order valence-corrected chi connectivity index (χ2v) is 8.27. The maximum absolute atomic E-state index is 10.8. The molecule has 0 unspecified atom stereocenters. The molecule has 0 amide bonds. The first-order valence-corrected chi connectivity index (χ1v) is 8.80. The molecule has 120 valence electrons. The zero-order chi connectivity index (χ0) is 15.5. The van der Waals surface area contributed by atoms with Crippen LogP contribution in [0.3, 0.4) is 0 Å². The molecule has 2 heteroatoms. The topological polar surface area (TPSA) is 29.5 Å². The number of benzene rings is 1. The third-order valence-corrected chi connectivity index (χ3v) is 7.34. The third kappa shape index (κ3) is 1.80. The smallest absolute Gasteiger partial charge is 0.0712 e. The first-order valence-electron chi connectivity index (χ1n) is 8.80. The number of aryl methyl sites for hydroxylation is 1. The van der Waals surface area contributed by atoms with E-state index in [1.54, 1.807) is 11.1 Å². The number of hydrogen-bond acceptors (Lipinski definition) is 2. The van der Waals surface area contributed by atoms with Gasteiger partial charge in [0.05, 0.1) is 11.7 Å². The summed E-state index contributed by atoms with van der Waals surface area (Å²) in [7, 11) is 1.83. The van der Waals surface area contributed by atoms with Gasteiger partial charge >= 0.3 is 0 Å². The van der Waals surface area contributed by atoms with Crippen molar-refractivity contribution in [3.05, 3.63) is 35.4 Å². The lowest BCUT2D eigenvalue weighted by Crippen LogP contribution is -2.50. The van der Waals surface area contributed by atoms with Gasteiger partial charge in [0.2, 0.25) is 0 Å². The molecule has 2 fully saturated rings. The minimum absolute atomic E-state index is 0.0260. The highest BCUT2D eigenvalue weighted by atomic mass is 16.5. The largest absolute Gasteiger partial charge is 0.392 e. The Morgan fingerprint density at radius 1 is 1.18 bits per heavy atom. The number of ether oxygens (including phenoxy) is 1. The van der Waals surface area contributed by atoms with Crippen LogP contribution in [0.25, 0.3) is 0 Å². The van der Waals surface area contributed by atoms with Crippen LogP contribution in [0.1, 0.15) is 56.6 Å². The molecule has 0 bridgehead atoms. The summed E-state index contributed by atoms with van der Waals surface area (Å²) in [4.78, 5) is 0. The van der Waals surface area contributed by atoms with Crippen LogP contribution in [0, 0.1) is 17.3 Å². The summed E-state index contributed by atoms with van der Waals surface area (Å²) in [5, 5.41) is 10.8. The van der Waals surface area contributed by atoms with E-state index in [0.29, 0.717) is 17.8 Å². The molecule has 1 aromatic rings. The van der Waals surface area contributed by atoms with Crippen molar-refractivity contribution in [1.82, 2.24) is 0 Å². The van der Waals surface area contributed by atoms with E-state index in [1.807, 2.05) is 7.11 Å². The number of aliphatic hydroxyl groups excluding tert-OH is 1. The van der Waals surface area contributed by atoms with Crippen LogP contribution < -0.4 is 0 Å². The van der Waals surface area contributed by atoms with Gasteiger partial charge in [-0.1, -0.05) is 31.2 Å². The van der Waals surface area contributed by atoms with Crippen molar-refractivity contribution in [3.8, 4) is 0 Å². The van der Waals surface area contributed by atoms with Gasteiger partial charge in [0.25, 0.3) is 0 Å². The summed E-state index contributed by atoms with van der Waals surface area (Å²) in [5.41, 5.74) is 2.97. The number of rotatable bonds is 1. The second-order valence-electron chi connectivity index (χ2n) is 8.27. The molecule has 2 nitrogen and oxygen atoms in total. The normalized spacial score (nSPS) is 46.7. The predicted molar refractivity (Wildman–Crippen MR) is 87.9 cm³/mol. The third-order valence-electron chi connectivity index (χ3n) is 7.34. The molecule has 1 aromatic carbocycles. The van der Waals surface area contributed by atoms with Gasteiger partial charge in [-0.05, 0) is 66.9 Å². The molecule has 3 aliphatic rings. The highest BCUT2D eigenvalue weighted by Gasteiger charge is 2.63. The fourth-order valence-electron chi connectivity index (χ4n) is 6.24. The van der Waals surface area contributed by atoms with Gasteiger partial charge in [0.15, 0.2) is 0 Å². The van der Waals surface area contributed by atoms with Crippen LogP contribution >= 0.6 is 0 Å². The highest BCUT2D eigenvalue weighted by molar-refractivity contribution is 5.35. The lowest BCUT2D eigenvalue weighted by atomic mass is 9.53. The molecule has 3 aliphatic carbocycles. The maximum atomic E-state index is 10.8. The van der Waals surface area contributed by atoms with E-state index in [1.165, 1.54) is 19.3 Å². The maximum Gasteiger partial charge on any atom is 0.0712 e. The molecule has 0 aliphatic heterocycles. The molecule has 0 saturated heterocycles. The van der Waals surface area contributed by atoms with Crippen molar-refractivity contribution in [2.45, 2.75) is 63.6 Å². The Morgan fingerprint density at radius 3 is 2.73 bits per heavy atom. The Labute approximate surface area is 133 Å². The van der Waals surface area contributed by atoms with E-state index in [2.05, 4.69) is 38.1 Å². The fraction of sp³-hybridized carbons (Fsp3) is 0.700. The quantitative estimate of drug-likeness (QED) is 0.852. The molecule has 2 saturated carbocycles. The summed E-state index contributed by atoms with van der Waals surface area (Å²) >= 11 is 0. The van der Waals surface area contributed by atoms with Gasteiger partial charge in [0, 0.05) is 13.5 Å². The van der Waals surface area contributed by atoms with Crippen LogP contribution in [0.4, 0.5) is 0 Å². The Bertz CT molecular complexity index is 583. The molecule has 0 heterocycles. The lowest BCUT2D eigenvalue weighted by Gasteiger charge is -2.53. The average Bonchev–Trinajstić information content (AvgIpc) is 2.74. The molecule has 6 atom stereocenters. The fourth-order valence-corrected chi connectivity index (χ4v) is 6.24. The van der Waals surface area contributed by atoms with Crippen molar-refractivity contribution in [2.24, 2.45) is 17.3 Å². The number of fused-ring (bicyclic) bond motifs is 5. The predicted octanol–water partition coefficient (Wildman–Crippen LogP) is 3.92. The van der Waals surface area contributed by atoms with Gasteiger partial charge in [-0.15, -0.1) is 0 Å². The monoisotopic (exact) mass is 300 g/mol. The summed E-state index contributed by atoms with van der Waals surface area (Å²) in [6.45, 7) is 4.54. The minimum atomic E-state index is -0.222. The first kappa shape index (κ1) is 14.7. The van der Waals surface area contributed by atoms with E-state index < -0.39 is 0 Å². The Kier molecular flexibility index (Phi) is 3.22. The van der Waals surface area contributed by atoms with E-state index in [0.717, 1.165) is 12.8 Å². The summed E-state index contributed by atoms with van der Waals surface area (Å²) in [5.74, 6) is 1.77. The minimum Gasteiger partial charge on any atom is -0.392 e. The summed E-state index contributed by atoms with van der Waals surface area (Å²) in [6, 6.07) is 9.00. The van der Waals surface area contributed by atoms with Crippen LogP contribution in [0.15, 0.2) is 24.3 Å². The van der Waals surface area contributed by atoms with Crippen LogP contribution in [0.2, 0.25) is 0 Å². The summed E-state index contributed by atoms with van der Waals surface area (Å²) in [6.07, 6.45) is 5.32. The number of hydrogen-bond donors (Lipinski definition) is 1. The zero-order valence-electron chi connectivity index (χ0n) is 14.0. The first-order chi connectivity index (χ1) is 10.5. The Hall–Kier alpha value is -0.860. The lowest BCUT2D eigenvalue weighted by molar-refractivity contribution is -0.0994. The van der Waals surface area contributed by atoms with Gasteiger partial charge < -0.3 is 9.84 Å². The zero-order valence-corrected chi connectivity index (χ0v) is 14.0. The Morgan fingerprint density at radius 2 is 1.95 bits per heavy atom. The van der Waals surface area contributed by atoms with E-state index in [9.17, 15) is 5.11 Å². The number of methoxy groups -OCH3 is 1. The molecule has 4 rings (SSSR count). The van der Waals surface area contributed by atoms with Crippen molar-refractivity contribution in [2.75, 3.05) is 7.11 Å².